The first kappa shape index (κ1) is 8.79. The van der Waals surface area contributed by atoms with Gasteiger partial charge in [0, 0.05) is 0 Å². The maximum absolute atomic E-state index is 2.43. The van der Waals surface area contributed by atoms with Crippen molar-refractivity contribution in [3.8, 4) is 0 Å². The highest BCUT2D eigenvalue weighted by molar-refractivity contribution is 6.83. The highest BCUT2D eigenvalue weighted by Crippen LogP contribution is 2.23. The zero-order valence-electron chi connectivity index (χ0n) is 8.02. The molecule has 0 bridgehead atoms. The summed E-state index contributed by atoms with van der Waals surface area (Å²) in [7, 11) is -1.01. The topological polar surface area (TPSA) is 0 Å². The quantitative estimate of drug-likeness (QED) is 0.524. The summed E-state index contributed by atoms with van der Waals surface area (Å²) in [6, 6.07) is 0. The van der Waals surface area contributed by atoms with Gasteiger partial charge in [-0.25, -0.2) is 0 Å². The van der Waals surface area contributed by atoms with Crippen LogP contribution in [0, 0.1) is 5.92 Å². The Kier molecular flexibility index (Phi) is 2.38. The third-order valence-electron chi connectivity index (χ3n) is 2.18. The molecule has 1 heteroatoms. The van der Waals surface area contributed by atoms with E-state index < -0.39 is 8.07 Å². The fourth-order valence-electron chi connectivity index (χ4n) is 1.28. The molecule has 0 saturated heterocycles. The lowest BCUT2D eigenvalue weighted by atomic mass is 10.0. The summed E-state index contributed by atoms with van der Waals surface area (Å²) in [5.41, 5.74) is 0. The van der Waals surface area contributed by atoms with Crippen molar-refractivity contribution in [1.82, 2.24) is 0 Å². The molecule has 62 valence electrons. The average Bonchev–Trinajstić information content (AvgIpc) is 1.86. The molecule has 0 spiro atoms. The lowest BCUT2D eigenvalue weighted by Crippen LogP contribution is -2.24. The summed E-state index contributed by atoms with van der Waals surface area (Å²) in [5.74, 6) is 0.759. The zero-order chi connectivity index (χ0) is 8.48. The van der Waals surface area contributed by atoms with Crippen molar-refractivity contribution in [2.45, 2.75) is 33.0 Å². The average molecular weight is 166 g/mol. The molecule has 0 radical (unpaired) electrons. The van der Waals surface area contributed by atoms with Crippen molar-refractivity contribution in [1.29, 1.82) is 0 Å². The molecule has 0 aromatic carbocycles. The van der Waals surface area contributed by atoms with Gasteiger partial charge < -0.3 is 0 Å². The van der Waals surface area contributed by atoms with Gasteiger partial charge in [-0.3, -0.25) is 0 Å². The molecule has 1 aliphatic rings. The first-order valence-corrected chi connectivity index (χ1v) is 7.89. The van der Waals surface area contributed by atoms with E-state index in [9.17, 15) is 0 Å². The summed E-state index contributed by atoms with van der Waals surface area (Å²) < 4.78 is 0. The van der Waals surface area contributed by atoms with Crippen molar-refractivity contribution < 1.29 is 0 Å². The van der Waals surface area contributed by atoms with E-state index in [4.69, 9.17) is 0 Å². The van der Waals surface area contributed by atoms with Crippen LogP contribution in [0.2, 0.25) is 19.6 Å². The maximum Gasteiger partial charge on any atom is 0.0771 e. The van der Waals surface area contributed by atoms with Crippen LogP contribution in [0.4, 0.5) is 0 Å². The van der Waals surface area contributed by atoms with Gasteiger partial charge in [-0.15, -0.1) is 0 Å². The molecule has 11 heavy (non-hydrogen) atoms. The first-order valence-electron chi connectivity index (χ1n) is 4.39. The van der Waals surface area contributed by atoms with Gasteiger partial charge >= 0.3 is 0 Å². The molecule has 0 fully saturated rings. The van der Waals surface area contributed by atoms with Gasteiger partial charge in [-0.05, 0) is 12.3 Å². The Morgan fingerprint density at radius 3 is 2.36 bits per heavy atom. The number of hydrogen-bond acceptors (Lipinski definition) is 0. The van der Waals surface area contributed by atoms with Gasteiger partial charge in [-0.2, -0.15) is 0 Å². The van der Waals surface area contributed by atoms with Crippen molar-refractivity contribution in [3.05, 3.63) is 23.4 Å². The van der Waals surface area contributed by atoms with E-state index in [0.717, 1.165) is 5.92 Å². The fraction of sp³-hybridized carbons (Fsp3) is 0.600. The van der Waals surface area contributed by atoms with Crippen molar-refractivity contribution in [3.63, 3.8) is 0 Å². The van der Waals surface area contributed by atoms with Gasteiger partial charge in [-0.1, -0.05) is 50.0 Å². The van der Waals surface area contributed by atoms with Crippen LogP contribution in [0.3, 0.4) is 0 Å². The second-order valence-corrected chi connectivity index (χ2v) is 9.56. The number of allylic oxidation sites excluding steroid dienone is 4. The third-order valence-corrected chi connectivity index (χ3v) is 4.28. The number of hydrogen-bond donors (Lipinski definition) is 0. The van der Waals surface area contributed by atoms with Crippen LogP contribution in [0.1, 0.15) is 13.3 Å². The van der Waals surface area contributed by atoms with Crippen LogP contribution in [0.5, 0.6) is 0 Å². The molecule has 1 aliphatic carbocycles. The molecule has 0 saturated carbocycles. The molecule has 0 aromatic rings. The minimum absolute atomic E-state index is 0.759. The molecule has 0 amide bonds. The van der Waals surface area contributed by atoms with Crippen LogP contribution in [-0.2, 0) is 0 Å². The van der Waals surface area contributed by atoms with Crippen molar-refractivity contribution in [2.75, 3.05) is 0 Å². The predicted molar refractivity (Wildman–Crippen MR) is 54.4 cm³/mol. The van der Waals surface area contributed by atoms with Gasteiger partial charge in [0.25, 0.3) is 0 Å². The Balaban J connectivity index is 2.71. The van der Waals surface area contributed by atoms with Gasteiger partial charge in [0.05, 0.1) is 8.07 Å². The van der Waals surface area contributed by atoms with Crippen molar-refractivity contribution in [2.24, 2.45) is 5.92 Å². The minimum atomic E-state index is -1.01. The fourth-order valence-corrected chi connectivity index (χ4v) is 2.61. The Morgan fingerprint density at radius 2 is 2.00 bits per heavy atom. The van der Waals surface area contributed by atoms with Crippen LogP contribution in [0.15, 0.2) is 23.4 Å². The van der Waals surface area contributed by atoms with Gasteiger partial charge in [0.2, 0.25) is 0 Å². The zero-order valence-corrected chi connectivity index (χ0v) is 9.02. The Morgan fingerprint density at radius 1 is 1.36 bits per heavy atom. The van der Waals surface area contributed by atoms with E-state index in [-0.39, 0.29) is 0 Å². The third kappa shape index (κ3) is 2.33. The molecular formula is C10H18Si. The Hall–Kier alpha value is -0.303. The Bertz CT molecular complexity index is 193. The molecule has 0 aromatic heterocycles. The Labute approximate surface area is 71.0 Å². The van der Waals surface area contributed by atoms with Crippen molar-refractivity contribution >= 4 is 8.07 Å². The number of rotatable bonds is 1. The normalized spacial score (nSPS) is 25.1. The summed E-state index contributed by atoms with van der Waals surface area (Å²) in [5, 5.41) is 1.62. The first-order chi connectivity index (χ1) is 5.00. The minimum Gasteiger partial charge on any atom is -0.0847 e. The SMILES string of the molecule is C[C@H]1C=CC([Si](C)(C)C)=CC1. The lowest BCUT2D eigenvalue weighted by Gasteiger charge is -2.21. The van der Waals surface area contributed by atoms with Crippen LogP contribution >= 0.6 is 0 Å². The van der Waals surface area contributed by atoms with Crippen LogP contribution in [0.25, 0.3) is 0 Å². The van der Waals surface area contributed by atoms with E-state index in [1.165, 1.54) is 6.42 Å². The largest absolute Gasteiger partial charge is 0.0847 e. The van der Waals surface area contributed by atoms with Crippen LogP contribution in [-0.4, -0.2) is 8.07 Å². The molecule has 0 unspecified atom stereocenters. The molecular weight excluding hydrogens is 148 g/mol. The molecule has 0 heterocycles. The van der Waals surface area contributed by atoms with Gasteiger partial charge in [0.1, 0.15) is 0 Å². The van der Waals surface area contributed by atoms with Gasteiger partial charge in [0.15, 0.2) is 0 Å². The molecule has 0 nitrogen and oxygen atoms in total. The standard InChI is InChI=1S/C10H18Si/c1-9-5-7-10(8-6-9)11(2,3)4/h5,7-9H,6H2,1-4H3/t9-/m0/s1. The predicted octanol–water partition coefficient (Wildman–Crippen LogP) is 3.39. The maximum atomic E-state index is 2.43. The second kappa shape index (κ2) is 2.98. The molecule has 0 N–H and O–H groups in total. The highest BCUT2D eigenvalue weighted by atomic mass is 28.3. The highest BCUT2D eigenvalue weighted by Gasteiger charge is 2.18. The van der Waals surface area contributed by atoms with E-state index in [2.05, 4.69) is 44.8 Å². The smallest absolute Gasteiger partial charge is 0.0771 e. The lowest BCUT2D eigenvalue weighted by molar-refractivity contribution is 0.734. The summed E-state index contributed by atoms with van der Waals surface area (Å²) in [6.45, 7) is 9.48. The van der Waals surface area contributed by atoms with E-state index in [1.54, 1.807) is 5.20 Å². The summed E-state index contributed by atoms with van der Waals surface area (Å²) in [6.07, 6.45) is 8.35. The monoisotopic (exact) mass is 166 g/mol. The van der Waals surface area contributed by atoms with E-state index in [1.807, 2.05) is 0 Å². The summed E-state index contributed by atoms with van der Waals surface area (Å²) >= 11 is 0. The van der Waals surface area contributed by atoms with E-state index >= 15 is 0 Å². The molecule has 1 rings (SSSR count). The molecule has 1 atom stereocenters. The van der Waals surface area contributed by atoms with E-state index in [0.29, 0.717) is 0 Å². The van der Waals surface area contributed by atoms with Crippen LogP contribution < -0.4 is 0 Å². The second-order valence-electron chi connectivity index (χ2n) is 4.48. The summed E-state index contributed by atoms with van der Waals surface area (Å²) in [4.78, 5) is 0. The molecule has 0 aliphatic heterocycles.